The number of halogens is 2. The minimum absolute atomic E-state index is 0.0761. The number of hydrogen-bond acceptors (Lipinski definition) is 6. The minimum atomic E-state index is -0.817. The van der Waals surface area contributed by atoms with Crippen molar-refractivity contribution in [3.8, 4) is 28.0 Å². The minimum Gasteiger partial charge on any atom is -0.502 e. The molecule has 0 aliphatic carbocycles. The predicted molar refractivity (Wildman–Crippen MR) is 109 cm³/mol. The second-order valence-electron chi connectivity index (χ2n) is 6.07. The van der Waals surface area contributed by atoms with Crippen LogP contribution in [0.2, 0.25) is 5.02 Å². The Labute approximate surface area is 173 Å². The maximum atomic E-state index is 13.4. The Bertz CT molecular complexity index is 1230. The molecule has 2 aromatic heterocycles. The van der Waals surface area contributed by atoms with Crippen LogP contribution in [0.3, 0.4) is 0 Å². The summed E-state index contributed by atoms with van der Waals surface area (Å²) in [5.41, 5.74) is 0.934. The van der Waals surface area contributed by atoms with E-state index in [4.69, 9.17) is 16.3 Å². The number of thiazole rings is 1. The monoisotopic (exact) mass is 432 g/mol. The highest BCUT2D eigenvalue weighted by Crippen LogP contribution is 2.44. The van der Waals surface area contributed by atoms with Gasteiger partial charge in [0.2, 0.25) is 5.88 Å². The second-order valence-corrected chi connectivity index (χ2v) is 7.51. The van der Waals surface area contributed by atoms with Gasteiger partial charge in [-0.2, -0.15) is 0 Å². The highest BCUT2D eigenvalue weighted by atomic mass is 35.5. The second kappa shape index (κ2) is 7.38. The molecule has 0 aliphatic heterocycles. The van der Waals surface area contributed by atoms with Crippen LogP contribution in [0.1, 0.15) is 17.3 Å². The van der Waals surface area contributed by atoms with E-state index in [-0.39, 0.29) is 17.9 Å². The van der Waals surface area contributed by atoms with Crippen molar-refractivity contribution in [2.24, 2.45) is 0 Å². The average molecular weight is 433 g/mol. The van der Waals surface area contributed by atoms with Crippen LogP contribution in [0, 0.1) is 5.82 Å². The van der Waals surface area contributed by atoms with Gasteiger partial charge in [0.25, 0.3) is 0 Å². The molecule has 0 aliphatic rings. The standard InChI is InChI=1S/C20H14ClFN2O4S/c1-2-28-19(27)15-16(10-3-6-12(22)7-4-10)24(18(26)17(15)25)20-23-13-8-5-11(21)9-14(13)29-20/h3-9,25-26H,2H2,1H3. The van der Waals surface area contributed by atoms with Crippen LogP contribution in [0.5, 0.6) is 11.6 Å². The molecule has 0 radical (unpaired) electrons. The van der Waals surface area contributed by atoms with Gasteiger partial charge < -0.3 is 14.9 Å². The van der Waals surface area contributed by atoms with E-state index < -0.39 is 23.4 Å². The molecule has 0 saturated carbocycles. The summed E-state index contributed by atoms with van der Waals surface area (Å²) in [5.74, 6) is -2.49. The summed E-state index contributed by atoms with van der Waals surface area (Å²) in [6.45, 7) is 1.70. The Morgan fingerprint density at radius 2 is 1.97 bits per heavy atom. The summed E-state index contributed by atoms with van der Waals surface area (Å²) >= 11 is 7.25. The zero-order chi connectivity index (χ0) is 20.7. The Morgan fingerprint density at radius 1 is 1.24 bits per heavy atom. The summed E-state index contributed by atoms with van der Waals surface area (Å²) < 4.78 is 20.5. The smallest absolute Gasteiger partial charge is 0.344 e. The van der Waals surface area contributed by atoms with Crippen molar-refractivity contribution in [1.82, 2.24) is 9.55 Å². The van der Waals surface area contributed by atoms with Gasteiger partial charge in [0, 0.05) is 5.02 Å². The van der Waals surface area contributed by atoms with E-state index in [0.717, 1.165) is 4.70 Å². The molecule has 0 bridgehead atoms. The van der Waals surface area contributed by atoms with Crippen LogP contribution in [0.25, 0.3) is 26.6 Å². The molecule has 2 N–H and O–H groups in total. The van der Waals surface area contributed by atoms with Crippen molar-refractivity contribution < 1.29 is 24.1 Å². The van der Waals surface area contributed by atoms with Crippen LogP contribution >= 0.6 is 22.9 Å². The molecule has 0 fully saturated rings. The van der Waals surface area contributed by atoms with E-state index in [1.165, 1.54) is 40.2 Å². The fourth-order valence-electron chi connectivity index (χ4n) is 2.99. The molecule has 0 spiro atoms. The number of carbonyl (C=O) groups is 1. The van der Waals surface area contributed by atoms with Crippen LogP contribution in [-0.2, 0) is 4.74 Å². The molecule has 4 rings (SSSR count). The molecule has 6 nitrogen and oxygen atoms in total. The topological polar surface area (TPSA) is 84.6 Å². The van der Waals surface area contributed by atoms with E-state index in [1.807, 2.05) is 0 Å². The van der Waals surface area contributed by atoms with Crippen molar-refractivity contribution in [1.29, 1.82) is 0 Å². The number of nitrogens with zero attached hydrogens (tertiary/aromatic N) is 2. The highest BCUT2D eigenvalue weighted by Gasteiger charge is 2.31. The SMILES string of the molecule is CCOC(=O)c1c(O)c(O)n(-c2nc3ccc(Cl)cc3s2)c1-c1ccc(F)cc1. The Kier molecular flexibility index (Phi) is 4.89. The first-order chi connectivity index (χ1) is 13.9. The predicted octanol–water partition coefficient (Wildman–Crippen LogP) is 5.13. The number of esters is 1. The highest BCUT2D eigenvalue weighted by molar-refractivity contribution is 7.20. The van der Waals surface area contributed by atoms with Crippen LogP contribution < -0.4 is 0 Å². The first-order valence-electron chi connectivity index (χ1n) is 8.56. The van der Waals surface area contributed by atoms with Gasteiger partial charge in [0.1, 0.15) is 11.4 Å². The Hall–Kier alpha value is -3.10. The molecule has 0 amide bonds. The lowest BCUT2D eigenvalue weighted by Crippen LogP contribution is -2.07. The lowest BCUT2D eigenvalue weighted by atomic mass is 10.1. The summed E-state index contributed by atoms with van der Waals surface area (Å²) in [5, 5.41) is 22.0. The number of aromatic hydroxyl groups is 2. The number of hydrogen-bond donors (Lipinski definition) is 2. The lowest BCUT2D eigenvalue weighted by molar-refractivity contribution is 0.0524. The van der Waals surface area contributed by atoms with Gasteiger partial charge in [0.05, 0.1) is 22.5 Å². The zero-order valence-corrected chi connectivity index (χ0v) is 16.6. The normalized spacial score (nSPS) is 11.1. The largest absolute Gasteiger partial charge is 0.502 e. The number of benzene rings is 2. The molecule has 9 heteroatoms. The van der Waals surface area contributed by atoms with E-state index in [0.29, 0.717) is 21.2 Å². The number of rotatable bonds is 4. The third kappa shape index (κ3) is 3.30. The zero-order valence-electron chi connectivity index (χ0n) is 15.0. The van der Waals surface area contributed by atoms with Gasteiger partial charge in [-0.1, -0.05) is 22.9 Å². The number of ether oxygens (including phenoxy) is 1. The van der Waals surface area contributed by atoms with Gasteiger partial charge in [-0.25, -0.2) is 14.2 Å². The molecule has 29 heavy (non-hydrogen) atoms. The molecule has 148 valence electrons. The van der Waals surface area contributed by atoms with Gasteiger partial charge in [-0.3, -0.25) is 4.57 Å². The summed E-state index contributed by atoms with van der Waals surface area (Å²) in [6.07, 6.45) is 0. The van der Waals surface area contributed by atoms with E-state index in [9.17, 15) is 19.4 Å². The van der Waals surface area contributed by atoms with Crippen molar-refractivity contribution in [3.63, 3.8) is 0 Å². The molecule has 2 aromatic carbocycles. The Balaban J connectivity index is 2.02. The molecule has 0 unspecified atom stereocenters. The number of fused-ring (bicyclic) bond motifs is 1. The maximum absolute atomic E-state index is 13.4. The van der Waals surface area contributed by atoms with Crippen molar-refractivity contribution >= 4 is 39.1 Å². The molecule has 0 atom stereocenters. The van der Waals surface area contributed by atoms with Gasteiger partial charge in [0.15, 0.2) is 10.9 Å². The molecule has 4 aromatic rings. The van der Waals surface area contributed by atoms with Crippen LogP contribution in [0.4, 0.5) is 4.39 Å². The average Bonchev–Trinajstić information content (AvgIpc) is 3.21. The van der Waals surface area contributed by atoms with Crippen molar-refractivity contribution in [2.45, 2.75) is 6.92 Å². The third-order valence-corrected chi connectivity index (χ3v) is 5.49. The first-order valence-corrected chi connectivity index (χ1v) is 9.76. The summed E-state index contributed by atoms with van der Waals surface area (Å²) in [6, 6.07) is 10.4. The lowest BCUT2D eigenvalue weighted by Gasteiger charge is -2.09. The quantitative estimate of drug-likeness (QED) is 0.436. The number of aromatic nitrogens is 2. The van der Waals surface area contributed by atoms with E-state index in [2.05, 4.69) is 4.98 Å². The van der Waals surface area contributed by atoms with Crippen molar-refractivity contribution in [3.05, 3.63) is 58.9 Å². The van der Waals surface area contributed by atoms with Gasteiger partial charge >= 0.3 is 5.97 Å². The molecule has 2 heterocycles. The molecule has 0 saturated heterocycles. The number of carbonyl (C=O) groups excluding carboxylic acids is 1. The summed E-state index contributed by atoms with van der Waals surface area (Å²) in [4.78, 5) is 17.0. The van der Waals surface area contributed by atoms with E-state index in [1.54, 1.807) is 25.1 Å². The first kappa shape index (κ1) is 19.2. The van der Waals surface area contributed by atoms with Crippen LogP contribution in [0.15, 0.2) is 42.5 Å². The van der Waals surface area contributed by atoms with Gasteiger partial charge in [-0.05, 0) is 55.0 Å². The van der Waals surface area contributed by atoms with E-state index >= 15 is 0 Å². The van der Waals surface area contributed by atoms with Gasteiger partial charge in [-0.15, -0.1) is 0 Å². The third-order valence-electron chi connectivity index (χ3n) is 4.25. The molecular formula is C20H14ClFN2O4S. The Morgan fingerprint density at radius 3 is 2.66 bits per heavy atom. The fraction of sp³-hybridized carbons (Fsp3) is 0.100. The van der Waals surface area contributed by atoms with Crippen molar-refractivity contribution in [2.75, 3.05) is 6.61 Å². The molecular weight excluding hydrogens is 419 g/mol. The summed E-state index contributed by atoms with van der Waals surface area (Å²) in [7, 11) is 0. The maximum Gasteiger partial charge on any atom is 0.344 e. The fourth-order valence-corrected chi connectivity index (χ4v) is 4.24. The van der Waals surface area contributed by atoms with Crippen LogP contribution in [-0.4, -0.2) is 32.3 Å².